The normalized spacial score (nSPS) is 18.8. The number of carbonyl (C=O) groups excluding carboxylic acids is 1. The maximum atomic E-state index is 13.1. The van der Waals surface area contributed by atoms with E-state index in [0.717, 1.165) is 16.3 Å². The molecule has 0 bridgehead atoms. The highest BCUT2D eigenvalue weighted by molar-refractivity contribution is 7.92. The van der Waals surface area contributed by atoms with E-state index in [1.54, 1.807) is 22.9 Å². The number of hydrogen-bond donors (Lipinski definition) is 3. The lowest BCUT2D eigenvalue weighted by Crippen LogP contribution is -2.50. The van der Waals surface area contributed by atoms with Gasteiger partial charge in [0.25, 0.3) is 5.91 Å². The number of unbranched alkanes of at least 4 members (excludes halogenated alkanes) is 4. The minimum absolute atomic E-state index is 0.0963. The molecule has 1 atom stereocenters. The number of piperidine rings is 1. The Morgan fingerprint density at radius 1 is 1.05 bits per heavy atom. The zero-order chi connectivity index (χ0) is 32.2. The van der Waals surface area contributed by atoms with E-state index in [9.17, 15) is 40.3 Å². The zero-order valence-electron chi connectivity index (χ0n) is 24.1. The minimum Gasteiger partial charge on any atom is -0.394 e. The Hall–Kier alpha value is -2.88. The van der Waals surface area contributed by atoms with Crippen LogP contribution in [0.5, 0.6) is 0 Å². The van der Waals surface area contributed by atoms with E-state index in [1.165, 1.54) is 10.4 Å². The molecule has 1 spiro atoms. The lowest BCUT2D eigenvalue weighted by Gasteiger charge is -2.34. The highest BCUT2D eigenvalue weighted by Crippen LogP contribution is 2.39. The van der Waals surface area contributed by atoms with Crippen LogP contribution in [0.25, 0.3) is 17.0 Å². The molecule has 1 saturated heterocycles. The summed E-state index contributed by atoms with van der Waals surface area (Å²) in [6, 6.07) is 7.20. The fourth-order valence-corrected chi connectivity index (χ4v) is 6.73. The first-order chi connectivity index (χ1) is 20.7. The third-order valence-electron chi connectivity index (χ3n) is 8.14. The van der Waals surface area contributed by atoms with Gasteiger partial charge in [0.2, 0.25) is 10.0 Å². The Kier molecular flexibility index (Phi) is 10.5. The van der Waals surface area contributed by atoms with Crippen molar-refractivity contribution in [2.75, 3.05) is 19.7 Å². The predicted molar refractivity (Wildman–Crippen MR) is 155 cm³/mol. The summed E-state index contributed by atoms with van der Waals surface area (Å²) in [5.41, 5.74) is 0.394. The maximum absolute atomic E-state index is 13.1. The van der Waals surface area contributed by atoms with E-state index in [1.807, 2.05) is 12.1 Å². The number of fused-ring (bicyclic) bond motifs is 1. The summed E-state index contributed by atoms with van der Waals surface area (Å²) < 4.78 is 92.0. The van der Waals surface area contributed by atoms with Crippen LogP contribution in [0.15, 0.2) is 40.9 Å². The number of aliphatic hydroxyl groups excluding tert-OH is 2. The molecule has 9 nitrogen and oxygen atoms in total. The molecule has 4 rings (SSSR count). The molecule has 0 radical (unpaired) electrons. The monoisotopic (exact) mass is 648 g/mol. The number of nitrogens with one attached hydrogen (secondary N) is 1. The van der Waals surface area contributed by atoms with Gasteiger partial charge in [-0.2, -0.15) is 26.3 Å². The van der Waals surface area contributed by atoms with Crippen LogP contribution in [0.2, 0.25) is 0 Å². The molecule has 3 N–H and O–H groups in total. The molecule has 0 aliphatic carbocycles. The number of rotatable bonds is 14. The number of amidine groups is 1. The quantitative estimate of drug-likeness (QED) is 0.204. The second-order valence-corrected chi connectivity index (χ2v) is 13.2. The summed E-state index contributed by atoms with van der Waals surface area (Å²) in [6.07, 6.45) is -1.95. The molecule has 244 valence electrons. The number of hydrogen-bond acceptors (Lipinski definition) is 6. The van der Waals surface area contributed by atoms with E-state index in [2.05, 4.69) is 10.3 Å². The van der Waals surface area contributed by atoms with Crippen LogP contribution in [0.4, 0.5) is 22.0 Å². The average Bonchev–Trinajstić information content (AvgIpc) is 3.51. The highest BCUT2D eigenvalue weighted by Gasteiger charge is 2.56. The summed E-state index contributed by atoms with van der Waals surface area (Å²) in [5, 5.41) is 23.6. The van der Waals surface area contributed by atoms with Gasteiger partial charge in [0.1, 0.15) is 11.4 Å². The maximum Gasteiger partial charge on any atom is 0.453 e. The third kappa shape index (κ3) is 7.85. The number of halogens is 5. The van der Waals surface area contributed by atoms with Crippen LogP contribution in [0.3, 0.4) is 0 Å². The van der Waals surface area contributed by atoms with Gasteiger partial charge in [-0.05, 0) is 49.5 Å². The Bertz CT molecular complexity index is 1480. The molecule has 2 aliphatic heterocycles. The Balaban J connectivity index is 1.27. The summed E-state index contributed by atoms with van der Waals surface area (Å²) >= 11 is 0. The van der Waals surface area contributed by atoms with Crippen LogP contribution < -0.4 is 5.32 Å². The lowest BCUT2D eigenvalue weighted by molar-refractivity contribution is -0.284. The van der Waals surface area contributed by atoms with Gasteiger partial charge in [0.05, 0.1) is 19.3 Å². The van der Waals surface area contributed by atoms with Gasteiger partial charge < -0.3 is 20.1 Å². The first-order valence-electron chi connectivity index (χ1n) is 14.6. The van der Waals surface area contributed by atoms with Crippen LogP contribution in [-0.4, -0.2) is 82.7 Å². The zero-order valence-corrected chi connectivity index (χ0v) is 24.9. The number of amides is 1. The molecule has 2 aliphatic rings. The number of alkyl halides is 5. The van der Waals surface area contributed by atoms with Gasteiger partial charge >= 0.3 is 12.1 Å². The van der Waals surface area contributed by atoms with E-state index >= 15 is 0 Å². The molecule has 15 heteroatoms. The predicted octanol–water partition coefficient (Wildman–Crippen LogP) is 4.59. The number of benzene rings is 1. The Morgan fingerprint density at radius 3 is 2.41 bits per heavy atom. The van der Waals surface area contributed by atoms with E-state index < -0.39 is 40.2 Å². The molecule has 0 saturated carbocycles. The number of aliphatic imine (C=N–C) groups is 1. The summed E-state index contributed by atoms with van der Waals surface area (Å²) in [4.78, 5) is 17.4. The fraction of sp³-hybridized carbons (Fsp3) is 0.586. The Morgan fingerprint density at radius 2 is 1.73 bits per heavy atom. The molecule has 1 amide bonds. The minimum atomic E-state index is -5.53. The molecule has 1 fully saturated rings. The summed E-state index contributed by atoms with van der Waals surface area (Å²) in [5.74, 6) is -4.50. The first-order valence-corrected chi connectivity index (χ1v) is 16.1. The molecular formula is C29H37F5N4O5S. The standard InChI is InChI=1S/C29H37F5N4O5S/c30-28(31,29(32,33)34)12-5-3-1-2-4-9-25-35-26(41)27(36-25)13-16-38(17-14-27)44(42,43)18-11-21-7-6-8-24-23(21)10-15-37(24)19-22(40)20-39/h6-8,10-11,15,18,22,39-40H,1-5,9,12-14,16-17,19-20H2,(H,35,36,41)/b18-11+/t22-/m0/s1. The smallest absolute Gasteiger partial charge is 0.394 e. The highest BCUT2D eigenvalue weighted by atomic mass is 32.2. The van der Waals surface area contributed by atoms with Crippen LogP contribution in [0, 0.1) is 0 Å². The van der Waals surface area contributed by atoms with Crippen molar-refractivity contribution in [1.82, 2.24) is 14.2 Å². The number of aliphatic hydroxyl groups is 2. The molecule has 0 unspecified atom stereocenters. The largest absolute Gasteiger partial charge is 0.453 e. The number of sulfonamides is 1. The van der Waals surface area contributed by atoms with Crippen molar-refractivity contribution in [2.45, 2.75) is 88.1 Å². The second kappa shape index (κ2) is 13.6. The van der Waals surface area contributed by atoms with Crippen molar-refractivity contribution < 1.29 is 45.4 Å². The molecule has 1 aromatic carbocycles. The summed E-state index contributed by atoms with van der Waals surface area (Å²) in [7, 11) is -3.80. The fourth-order valence-electron chi connectivity index (χ4n) is 5.55. The number of aromatic nitrogens is 1. The molecule has 1 aromatic heterocycles. The van der Waals surface area contributed by atoms with Crippen LogP contribution in [-0.2, 0) is 21.4 Å². The van der Waals surface area contributed by atoms with E-state index in [0.29, 0.717) is 37.1 Å². The summed E-state index contributed by atoms with van der Waals surface area (Å²) in [6.45, 7) is 0.00466. The molecule has 44 heavy (non-hydrogen) atoms. The van der Waals surface area contributed by atoms with Crippen molar-refractivity contribution in [2.24, 2.45) is 4.99 Å². The van der Waals surface area contributed by atoms with E-state index in [-0.39, 0.29) is 57.8 Å². The lowest BCUT2D eigenvalue weighted by atomic mass is 9.89. The Labute approximate surface area is 252 Å². The molecule has 3 heterocycles. The second-order valence-electron chi connectivity index (χ2n) is 11.3. The van der Waals surface area contributed by atoms with Crippen molar-refractivity contribution in [3.8, 4) is 0 Å². The van der Waals surface area contributed by atoms with Crippen LogP contribution >= 0.6 is 0 Å². The van der Waals surface area contributed by atoms with Gasteiger partial charge in [-0.15, -0.1) is 0 Å². The SMILES string of the molecule is O=C1NC(CCCCCCCC(F)(F)C(F)(F)F)=NC12CCN(S(=O)(=O)/C=C/c1cccc3c1ccn3C[C@H](O)CO)CC2. The number of nitrogens with zero attached hydrogens (tertiary/aromatic N) is 3. The third-order valence-corrected chi connectivity index (χ3v) is 9.71. The average molecular weight is 649 g/mol. The van der Waals surface area contributed by atoms with E-state index in [4.69, 9.17) is 5.11 Å². The number of carbonyl (C=O) groups is 1. The van der Waals surface area contributed by atoms with Gasteiger partial charge in [0.15, 0.2) is 0 Å². The first kappa shape index (κ1) is 34.0. The van der Waals surface area contributed by atoms with Crippen molar-refractivity contribution in [3.63, 3.8) is 0 Å². The van der Waals surface area contributed by atoms with Gasteiger partial charge in [-0.3, -0.25) is 9.79 Å². The van der Waals surface area contributed by atoms with Crippen molar-refractivity contribution >= 4 is 38.7 Å². The van der Waals surface area contributed by atoms with Crippen LogP contribution in [0.1, 0.15) is 63.4 Å². The topological polar surface area (TPSA) is 124 Å². The van der Waals surface area contributed by atoms with Crippen molar-refractivity contribution in [3.05, 3.63) is 41.4 Å². The molecule has 2 aromatic rings. The molecular weight excluding hydrogens is 611 g/mol. The van der Waals surface area contributed by atoms with Gasteiger partial charge in [-0.25, -0.2) is 8.42 Å². The van der Waals surface area contributed by atoms with Gasteiger partial charge in [0, 0.05) is 48.4 Å². The van der Waals surface area contributed by atoms with Gasteiger partial charge in [-0.1, -0.05) is 31.4 Å². The van der Waals surface area contributed by atoms with Crippen molar-refractivity contribution in [1.29, 1.82) is 0 Å².